The van der Waals surface area contributed by atoms with E-state index in [1.807, 2.05) is 45.9 Å². The Bertz CT molecular complexity index is 1200. The van der Waals surface area contributed by atoms with Gasteiger partial charge in [0, 0.05) is 12.2 Å². The summed E-state index contributed by atoms with van der Waals surface area (Å²) in [6, 6.07) is 8.89. The van der Waals surface area contributed by atoms with Crippen LogP contribution in [0.25, 0.3) is 0 Å². The molecule has 2 aromatic rings. The van der Waals surface area contributed by atoms with Gasteiger partial charge in [0.1, 0.15) is 23.4 Å². The highest BCUT2D eigenvalue weighted by Crippen LogP contribution is 2.30. The first-order valence-corrected chi connectivity index (χ1v) is 15.1. The molecule has 3 N–H and O–H groups in total. The van der Waals surface area contributed by atoms with Gasteiger partial charge >= 0.3 is 6.09 Å². The second kappa shape index (κ2) is 15.6. The number of unbranched alkanes of at least 4 members (excludes halogenated alkanes) is 3. The quantitative estimate of drug-likeness (QED) is 0.214. The summed E-state index contributed by atoms with van der Waals surface area (Å²) in [5.41, 5.74) is 2.97. The van der Waals surface area contributed by atoms with Crippen LogP contribution in [0.3, 0.4) is 0 Å². The first-order chi connectivity index (χ1) is 19.6. The maximum Gasteiger partial charge on any atom is 0.408 e. The van der Waals surface area contributed by atoms with Crippen molar-refractivity contribution < 1.29 is 24.2 Å². The summed E-state index contributed by atoms with van der Waals surface area (Å²) < 4.78 is 5.49. The first kappa shape index (κ1) is 34.7. The molecule has 8 nitrogen and oxygen atoms in total. The summed E-state index contributed by atoms with van der Waals surface area (Å²) in [6.07, 6.45) is 3.33. The van der Waals surface area contributed by atoms with Gasteiger partial charge in [-0.25, -0.2) is 4.79 Å². The molecule has 0 radical (unpaired) electrons. The Labute approximate surface area is 252 Å². The monoisotopic (exact) mass is 581 g/mol. The zero-order chi connectivity index (χ0) is 31.6. The fraction of sp³-hybridized carbons (Fsp3) is 0.559. The van der Waals surface area contributed by atoms with Crippen molar-refractivity contribution in [1.29, 1.82) is 0 Å². The second-order valence-corrected chi connectivity index (χ2v) is 12.6. The van der Waals surface area contributed by atoms with Crippen LogP contribution in [0.15, 0.2) is 36.4 Å². The number of carbonyl (C=O) groups excluding carboxylic acids is 3. The first-order valence-electron chi connectivity index (χ1n) is 15.1. The van der Waals surface area contributed by atoms with Crippen molar-refractivity contribution in [3.63, 3.8) is 0 Å². The number of hydrogen-bond acceptors (Lipinski definition) is 5. The molecule has 2 atom stereocenters. The van der Waals surface area contributed by atoms with Gasteiger partial charge in [0.2, 0.25) is 5.91 Å². The number of nitrogens with one attached hydrogen (secondary N) is 2. The minimum absolute atomic E-state index is 0.0913. The Balaban J connectivity index is 2.62. The molecule has 232 valence electrons. The van der Waals surface area contributed by atoms with E-state index in [1.54, 1.807) is 50.8 Å². The summed E-state index contributed by atoms with van der Waals surface area (Å²) in [4.78, 5) is 43.1. The number of rotatable bonds is 13. The number of para-hydroxylation sites is 1. The molecule has 3 amide bonds. The molecule has 0 fully saturated rings. The van der Waals surface area contributed by atoms with Gasteiger partial charge < -0.3 is 25.4 Å². The van der Waals surface area contributed by atoms with Crippen molar-refractivity contribution >= 4 is 23.6 Å². The maximum absolute atomic E-state index is 14.4. The fourth-order valence-corrected chi connectivity index (χ4v) is 4.94. The Morgan fingerprint density at radius 2 is 1.60 bits per heavy atom. The number of phenols is 1. The van der Waals surface area contributed by atoms with Gasteiger partial charge in [-0.1, -0.05) is 64.3 Å². The van der Waals surface area contributed by atoms with Crippen LogP contribution >= 0.6 is 0 Å². The van der Waals surface area contributed by atoms with Crippen LogP contribution in [0, 0.1) is 26.7 Å². The third-order valence-electron chi connectivity index (χ3n) is 7.06. The number of amides is 3. The molecule has 0 heterocycles. The molecule has 0 aromatic heterocycles. The van der Waals surface area contributed by atoms with Crippen molar-refractivity contribution in [3.8, 4) is 5.75 Å². The van der Waals surface area contributed by atoms with Crippen molar-refractivity contribution in [3.05, 3.63) is 58.7 Å². The average molecular weight is 582 g/mol. The van der Waals surface area contributed by atoms with E-state index in [0.29, 0.717) is 36.2 Å². The topological polar surface area (TPSA) is 108 Å². The smallest absolute Gasteiger partial charge is 0.408 e. The molecule has 0 saturated heterocycles. The van der Waals surface area contributed by atoms with Crippen molar-refractivity contribution in [2.45, 2.75) is 112 Å². The Morgan fingerprint density at radius 3 is 2.14 bits per heavy atom. The van der Waals surface area contributed by atoms with Gasteiger partial charge in [0.15, 0.2) is 0 Å². The van der Waals surface area contributed by atoms with E-state index < -0.39 is 23.8 Å². The third kappa shape index (κ3) is 10.4. The number of aromatic hydroxyl groups is 1. The van der Waals surface area contributed by atoms with Gasteiger partial charge in [-0.3, -0.25) is 9.59 Å². The number of nitrogens with zero attached hydrogens (tertiary/aromatic N) is 1. The number of aryl methyl sites for hydroxylation is 3. The summed E-state index contributed by atoms with van der Waals surface area (Å²) in [6.45, 7) is 17.3. The zero-order valence-corrected chi connectivity index (χ0v) is 27.0. The second-order valence-electron chi connectivity index (χ2n) is 12.6. The zero-order valence-electron chi connectivity index (χ0n) is 27.0. The van der Waals surface area contributed by atoms with E-state index in [0.717, 1.165) is 30.4 Å². The predicted molar refractivity (Wildman–Crippen MR) is 169 cm³/mol. The maximum atomic E-state index is 14.4. The van der Waals surface area contributed by atoms with Gasteiger partial charge in [-0.2, -0.15) is 0 Å². The van der Waals surface area contributed by atoms with E-state index >= 15 is 0 Å². The number of carbonyl (C=O) groups is 3. The SMILES string of the molecule is CCCCCCN(C(=O)C(CC(C)C)NC(=O)OC(C)(C)C)C(C(=O)Nc1c(C)cccc1C)c1ccc(O)c(C)c1. The van der Waals surface area contributed by atoms with E-state index in [1.165, 1.54) is 0 Å². The normalized spacial score (nSPS) is 12.9. The highest BCUT2D eigenvalue weighted by molar-refractivity contribution is 6.00. The number of ether oxygens (including phenoxy) is 1. The summed E-state index contributed by atoms with van der Waals surface area (Å²) in [5.74, 6) is -0.508. The van der Waals surface area contributed by atoms with Crippen LogP contribution in [0.4, 0.5) is 10.5 Å². The molecule has 0 saturated carbocycles. The lowest BCUT2D eigenvalue weighted by atomic mass is 9.97. The van der Waals surface area contributed by atoms with Gasteiger partial charge in [-0.15, -0.1) is 0 Å². The predicted octanol–water partition coefficient (Wildman–Crippen LogP) is 7.35. The lowest BCUT2D eigenvalue weighted by molar-refractivity contribution is -0.141. The summed E-state index contributed by atoms with van der Waals surface area (Å²) in [5, 5.41) is 16.1. The molecule has 0 aliphatic carbocycles. The number of anilines is 1. The molecular weight excluding hydrogens is 530 g/mol. The van der Waals surface area contributed by atoms with Gasteiger partial charge in [0.05, 0.1) is 0 Å². The average Bonchev–Trinajstić information content (AvgIpc) is 2.87. The lowest BCUT2D eigenvalue weighted by Gasteiger charge is -2.35. The molecular formula is C34H51N3O5. The molecule has 2 unspecified atom stereocenters. The Morgan fingerprint density at radius 1 is 0.952 bits per heavy atom. The largest absolute Gasteiger partial charge is 0.508 e. The lowest BCUT2D eigenvalue weighted by Crippen LogP contribution is -2.53. The minimum Gasteiger partial charge on any atom is -0.508 e. The van der Waals surface area contributed by atoms with Crippen LogP contribution < -0.4 is 10.6 Å². The molecule has 0 aliphatic heterocycles. The van der Waals surface area contributed by atoms with Crippen molar-refractivity contribution in [2.75, 3.05) is 11.9 Å². The van der Waals surface area contributed by atoms with Crippen LogP contribution in [-0.2, 0) is 14.3 Å². The van der Waals surface area contributed by atoms with Gasteiger partial charge in [-0.05, 0) is 94.7 Å². The molecule has 0 aliphatic rings. The van der Waals surface area contributed by atoms with Crippen LogP contribution in [-0.4, -0.2) is 46.1 Å². The third-order valence-corrected chi connectivity index (χ3v) is 7.06. The summed E-state index contributed by atoms with van der Waals surface area (Å²) in [7, 11) is 0. The highest BCUT2D eigenvalue weighted by Gasteiger charge is 2.37. The molecule has 0 spiro atoms. The number of benzene rings is 2. The fourth-order valence-electron chi connectivity index (χ4n) is 4.94. The van der Waals surface area contributed by atoms with Crippen molar-refractivity contribution in [2.24, 2.45) is 5.92 Å². The van der Waals surface area contributed by atoms with E-state index in [-0.39, 0.29) is 23.5 Å². The van der Waals surface area contributed by atoms with E-state index in [4.69, 9.17) is 4.74 Å². The standard InChI is InChI=1S/C34H51N3O5/c1-10-11-12-13-19-37(32(40)27(20-22(2)3)35-33(41)42-34(7,8)9)30(26-17-18-28(38)25(6)21-26)31(39)36-29-23(4)15-14-16-24(29)5/h14-18,21-22,27,30,38H,10-13,19-20H2,1-9H3,(H,35,41)(H,36,39). The number of alkyl carbamates (subject to hydrolysis) is 1. The minimum atomic E-state index is -0.993. The van der Waals surface area contributed by atoms with Crippen LogP contribution in [0.5, 0.6) is 5.75 Å². The van der Waals surface area contributed by atoms with Crippen LogP contribution in [0.2, 0.25) is 0 Å². The Hall–Kier alpha value is -3.55. The molecule has 2 rings (SSSR count). The molecule has 0 bridgehead atoms. The molecule has 2 aromatic carbocycles. The Kier molecular flexibility index (Phi) is 12.9. The van der Waals surface area contributed by atoms with Crippen molar-refractivity contribution in [1.82, 2.24) is 10.2 Å². The number of hydrogen-bond donors (Lipinski definition) is 3. The van der Waals surface area contributed by atoms with Gasteiger partial charge in [0.25, 0.3) is 5.91 Å². The molecule has 42 heavy (non-hydrogen) atoms. The highest BCUT2D eigenvalue weighted by atomic mass is 16.6. The summed E-state index contributed by atoms with van der Waals surface area (Å²) >= 11 is 0. The van der Waals surface area contributed by atoms with Crippen LogP contribution in [0.1, 0.15) is 102 Å². The number of phenolic OH excluding ortho intramolecular Hbond substituents is 1. The van der Waals surface area contributed by atoms with E-state index in [2.05, 4.69) is 17.6 Å². The van der Waals surface area contributed by atoms with E-state index in [9.17, 15) is 19.5 Å². The molecule has 8 heteroatoms.